The lowest BCUT2D eigenvalue weighted by Crippen LogP contribution is -2.18. The summed E-state index contributed by atoms with van der Waals surface area (Å²) < 4.78 is 7.56. The third kappa shape index (κ3) is 4.46. The Morgan fingerprint density at radius 3 is 2.64 bits per heavy atom. The maximum absolute atomic E-state index is 12.8. The first-order chi connectivity index (χ1) is 13.5. The summed E-state index contributed by atoms with van der Waals surface area (Å²) in [6.07, 6.45) is 4.04. The zero-order valence-electron chi connectivity index (χ0n) is 16.8. The molecule has 7 heteroatoms. The minimum Gasteiger partial charge on any atom is -0.494 e. The van der Waals surface area contributed by atoms with Gasteiger partial charge in [0.25, 0.3) is 5.56 Å². The number of hydrogen-bond acceptors (Lipinski definition) is 4. The smallest absolute Gasteiger partial charge is 0.270 e. The van der Waals surface area contributed by atoms with Crippen molar-refractivity contribution in [3.05, 3.63) is 45.7 Å². The van der Waals surface area contributed by atoms with E-state index < -0.39 is 0 Å². The van der Waals surface area contributed by atoms with E-state index in [-0.39, 0.29) is 22.8 Å². The highest BCUT2D eigenvalue weighted by molar-refractivity contribution is 8.00. The third-order valence-electron chi connectivity index (χ3n) is 4.96. The monoisotopic (exact) mass is 403 g/mol. The highest BCUT2D eigenvalue weighted by atomic mass is 32.2. The van der Waals surface area contributed by atoms with Crippen LogP contribution in [0.4, 0.5) is 5.82 Å². The molecule has 1 amide bonds. The van der Waals surface area contributed by atoms with Crippen LogP contribution in [-0.4, -0.2) is 28.0 Å². The van der Waals surface area contributed by atoms with Gasteiger partial charge in [-0.2, -0.15) is 0 Å². The lowest BCUT2D eigenvalue weighted by atomic mass is 10.1. The van der Waals surface area contributed by atoms with Crippen molar-refractivity contribution in [3.63, 3.8) is 0 Å². The number of aromatic amines is 1. The number of rotatable bonds is 8. The topological polar surface area (TPSA) is 76.1 Å². The van der Waals surface area contributed by atoms with E-state index in [1.54, 1.807) is 0 Å². The van der Waals surface area contributed by atoms with Gasteiger partial charge in [0.15, 0.2) is 0 Å². The Morgan fingerprint density at radius 1 is 1.21 bits per heavy atom. The van der Waals surface area contributed by atoms with E-state index in [0.29, 0.717) is 23.7 Å². The number of thioether (sulfide) groups is 1. The molecule has 2 atom stereocenters. The molecule has 0 radical (unpaired) electrons. The second-order valence-corrected chi connectivity index (χ2v) is 8.31. The van der Waals surface area contributed by atoms with Crippen molar-refractivity contribution in [3.8, 4) is 5.75 Å². The molecule has 0 saturated carbocycles. The highest BCUT2D eigenvalue weighted by Crippen LogP contribution is 2.40. The van der Waals surface area contributed by atoms with Crippen LogP contribution in [0, 0.1) is 0 Å². The number of fused-ring (bicyclic) bond motifs is 1. The van der Waals surface area contributed by atoms with Crippen molar-refractivity contribution in [2.75, 3.05) is 17.7 Å². The van der Waals surface area contributed by atoms with Crippen molar-refractivity contribution in [1.82, 2.24) is 9.78 Å². The molecule has 2 N–H and O–H groups in total. The number of unbranched alkanes of at least 4 members (excludes halogenated alkanes) is 1. The summed E-state index contributed by atoms with van der Waals surface area (Å²) in [7, 11) is 0. The molecule has 3 rings (SSSR count). The predicted octanol–water partition coefficient (Wildman–Crippen LogP) is 4.49. The van der Waals surface area contributed by atoms with Crippen LogP contribution in [0.5, 0.6) is 5.75 Å². The molecule has 0 spiro atoms. The number of hydrogen-bond donors (Lipinski definition) is 2. The maximum Gasteiger partial charge on any atom is 0.270 e. The van der Waals surface area contributed by atoms with E-state index in [9.17, 15) is 9.59 Å². The van der Waals surface area contributed by atoms with E-state index in [1.807, 2.05) is 28.9 Å². The number of aromatic nitrogens is 2. The van der Waals surface area contributed by atoms with Gasteiger partial charge in [-0.1, -0.05) is 38.8 Å². The summed E-state index contributed by atoms with van der Waals surface area (Å²) in [4.78, 5) is 25.1. The summed E-state index contributed by atoms with van der Waals surface area (Å²) >= 11 is 1.48. The predicted molar refractivity (Wildman–Crippen MR) is 114 cm³/mol. The van der Waals surface area contributed by atoms with Gasteiger partial charge in [0, 0.05) is 6.04 Å². The molecule has 152 valence electrons. The molecule has 2 aromatic rings. The molecule has 0 aliphatic carbocycles. The number of ether oxygens (including phenoxy) is 1. The Kier molecular flexibility index (Phi) is 6.88. The molecule has 1 aliphatic rings. The van der Waals surface area contributed by atoms with E-state index in [4.69, 9.17) is 4.74 Å². The first-order valence-corrected chi connectivity index (χ1v) is 11.1. The van der Waals surface area contributed by atoms with Crippen LogP contribution < -0.4 is 15.6 Å². The van der Waals surface area contributed by atoms with Crippen molar-refractivity contribution >= 4 is 23.5 Å². The molecule has 0 unspecified atom stereocenters. The molecule has 1 aliphatic heterocycles. The SMILES string of the molecule is CCCCOc1ccc([C@H]2SCC(=O)Nc3c2c(=O)[nH]n3[C@@H](C)CCC)cc1. The first-order valence-electron chi connectivity index (χ1n) is 10.0. The lowest BCUT2D eigenvalue weighted by Gasteiger charge is -2.17. The second-order valence-electron chi connectivity index (χ2n) is 7.22. The number of nitrogens with zero attached hydrogens (tertiary/aromatic N) is 1. The van der Waals surface area contributed by atoms with Gasteiger partial charge in [-0.15, -0.1) is 11.8 Å². The molecule has 0 bridgehead atoms. The Balaban J connectivity index is 1.93. The molecular weight excluding hydrogens is 374 g/mol. The molecule has 1 aromatic carbocycles. The summed E-state index contributed by atoms with van der Waals surface area (Å²) in [6.45, 7) is 7.00. The first kappa shape index (κ1) is 20.6. The Hall–Kier alpha value is -2.15. The lowest BCUT2D eigenvalue weighted by molar-refractivity contribution is -0.113. The summed E-state index contributed by atoms with van der Waals surface area (Å²) in [6, 6.07) is 7.97. The largest absolute Gasteiger partial charge is 0.494 e. The zero-order chi connectivity index (χ0) is 20.1. The number of carbonyl (C=O) groups is 1. The molecular formula is C21H29N3O3S. The molecule has 0 fully saturated rings. The van der Waals surface area contributed by atoms with Crippen LogP contribution in [0.1, 0.15) is 68.9 Å². The van der Waals surface area contributed by atoms with Gasteiger partial charge in [-0.25, -0.2) is 0 Å². The summed E-state index contributed by atoms with van der Waals surface area (Å²) in [5.74, 6) is 1.67. The molecule has 0 saturated heterocycles. The summed E-state index contributed by atoms with van der Waals surface area (Å²) in [5.41, 5.74) is 1.48. The molecule has 6 nitrogen and oxygen atoms in total. The second kappa shape index (κ2) is 9.37. The highest BCUT2D eigenvalue weighted by Gasteiger charge is 2.31. The van der Waals surface area contributed by atoms with Crippen LogP contribution in [-0.2, 0) is 4.79 Å². The van der Waals surface area contributed by atoms with Gasteiger partial charge in [-0.05, 0) is 37.5 Å². The fourth-order valence-electron chi connectivity index (χ4n) is 3.46. The van der Waals surface area contributed by atoms with Gasteiger partial charge in [-0.3, -0.25) is 19.4 Å². The average Bonchev–Trinajstić information content (AvgIpc) is 2.89. The number of amides is 1. The fraction of sp³-hybridized carbons (Fsp3) is 0.524. The van der Waals surface area contributed by atoms with Gasteiger partial charge in [0.05, 0.1) is 23.2 Å². The summed E-state index contributed by atoms with van der Waals surface area (Å²) in [5, 5.41) is 5.69. The maximum atomic E-state index is 12.8. The Bertz CT molecular complexity index is 857. The van der Waals surface area contributed by atoms with E-state index in [0.717, 1.165) is 37.0 Å². The fourth-order valence-corrected chi connectivity index (χ4v) is 4.58. The number of H-pyrrole nitrogens is 1. The third-order valence-corrected chi connectivity index (χ3v) is 6.23. The molecule has 2 heterocycles. The van der Waals surface area contributed by atoms with E-state index >= 15 is 0 Å². The number of carbonyl (C=O) groups excluding carboxylic acids is 1. The van der Waals surface area contributed by atoms with E-state index in [1.165, 1.54) is 11.8 Å². The Labute approximate surface area is 170 Å². The van der Waals surface area contributed by atoms with Crippen molar-refractivity contribution in [2.45, 2.75) is 57.7 Å². The van der Waals surface area contributed by atoms with Crippen molar-refractivity contribution in [1.29, 1.82) is 0 Å². The number of anilines is 1. The number of nitrogens with one attached hydrogen (secondary N) is 2. The minimum atomic E-state index is -0.197. The molecule has 28 heavy (non-hydrogen) atoms. The Morgan fingerprint density at radius 2 is 1.96 bits per heavy atom. The van der Waals surface area contributed by atoms with Gasteiger partial charge >= 0.3 is 0 Å². The molecule has 1 aromatic heterocycles. The van der Waals surface area contributed by atoms with Crippen molar-refractivity contribution < 1.29 is 9.53 Å². The van der Waals surface area contributed by atoms with Gasteiger partial charge in [0.2, 0.25) is 5.91 Å². The quantitative estimate of drug-likeness (QED) is 0.637. The van der Waals surface area contributed by atoms with Crippen LogP contribution in [0.25, 0.3) is 0 Å². The van der Waals surface area contributed by atoms with Crippen LogP contribution in [0.15, 0.2) is 29.1 Å². The zero-order valence-corrected chi connectivity index (χ0v) is 17.6. The van der Waals surface area contributed by atoms with Crippen LogP contribution in [0.3, 0.4) is 0 Å². The van der Waals surface area contributed by atoms with Crippen molar-refractivity contribution in [2.24, 2.45) is 0 Å². The minimum absolute atomic E-state index is 0.0790. The van der Waals surface area contributed by atoms with Gasteiger partial charge in [0.1, 0.15) is 11.6 Å². The van der Waals surface area contributed by atoms with Crippen LogP contribution >= 0.6 is 11.8 Å². The van der Waals surface area contributed by atoms with Gasteiger partial charge < -0.3 is 10.1 Å². The number of benzene rings is 1. The standard InChI is InChI=1S/C21H29N3O3S/c1-4-6-12-27-16-10-8-15(9-11-16)19-18-20(22-17(25)13-28-19)24(23-21(18)26)14(3)7-5-2/h8-11,14,19H,4-7,12-13H2,1-3H3,(H,22,25)(H,23,26)/t14-,19+/m0/s1. The van der Waals surface area contributed by atoms with E-state index in [2.05, 4.69) is 31.2 Å². The average molecular weight is 404 g/mol. The van der Waals surface area contributed by atoms with Crippen LogP contribution in [0.2, 0.25) is 0 Å². The normalized spacial score (nSPS) is 17.5.